The van der Waals surface area contributed by atoms with E-state index in [9.17, 15) is 18.0 Å². The second kappa shape index (κ2) is 8.89. The van der Waals surface area contributed by atoms with E-state index in [0.717, 1.165) is 37.6 Å². The standard InChI is InChI=1S/C18H24N2O3.C2HF3O2/c1-13-2-5-15(9-19-13)17(21)20-7-6-18(12-20)8-16(11-23-18)22-10-14-3-4-14;3-2(4,5)1(6)7/h2,5,9,14,16H,3-4,6-8,10-12H2,1H3;(H,6,7). The average Bonchev–Trinajstić information content (AvgIpc) is 3.30. The summed E-state index contributed by atoms with van der Waals surface area (Å²) < 4.78 is 43.8. The van der Waals surface area contributed by atoms with Gasteiger partial charge in [0, 0.05) is 31.5 Å². The van der Waals surface area contributed by atoms with Gasteiger partial charge in [0.2, 0.25) is 0 Å². The van der Waals surface area contributed by atoms with Crippen LogP contribution in [-0.4, -0.2) is 71.1 Å². The number of halogens is 3. The van der Waals surface area contributed by atoms with Crippen molar-refractivity contribution in [3.8, 4) is 0 Å². The largest absolute Gasteiger partial charge is 0.490 e. The SMILES string of the molecule is Cc1ccc(C(=O)N2CCC3(CC(OCC4CC4)CO3)C2)cn1.O=C(O)C(F)(F)F. The number of carbonyl (C=O) groups excluding carboxylic acids is 1. The predicted octanol–water partition coefficient (Wildman–Crippen LogP) is 2.82. The number of carbonyl (C=O) groups is 2. The van der Waals surface area contributed by atoms with Crippen molar-refractivity contribution in [1.29, 1.82) is 0 Å². The van der Waals surface area contributed by atoms with E-state index in [-0.39, 0.29) is 17.6 Å². The molecule has 1 saturated carbocycles. The van der Waals surface area contributed by atoms with Crippen LogP contribution in [0.3, 0.4) is 0 Å². The molecule has 2 atom stereocenters. The summed E-state index contributed by atoms with van der Waals surface area (Å²) in [5.74, 6) is -1.92. The fraction of sp³-hybridized carbons (Fsp3) is 0.650. The van der Waals surface area contributed by atoms with Gasteiger partial charge < -0.3 is 19.5 Å². The summed E-state index contributed by atoms with van der Waals surface area (Å²) in [6.45, 7) is 4.89. The Morgan fingerprint density at radius 3 is 2.63 bits per heavy atom. The van der Waals surface area contributed by atoms with E-state index in [0.29, 0.717) is 18.7 Å². The minimum absolute atomic E-state index is 0.0559. The first-order chi connectivity index (χ1) is 14.1. The molecule has 7 nitrogen and oxygen atoms in total. The highest BCUT2D eigenvalue weighted by molar-refractivity contribution is 5.94. The number of alkyl halides is 3. The molecular formula is C20H25F3N2O5. The monoisotopic (exact) mass is 430 g/mol. The lowest BCUT2D eigenvalue weighted by molar-refractivity contribution is -0.192. The summed E-state index contributed by atoms with van der Waals surface area (Å²) in [5.41, 5.74) is 1.39. The Bertz CT molecular complexity index is 767. The highest BCUT2D eigenvalue weighted by Gasteiger charge is 2.47. The van der Waals surface area contributed by atoms with Gasteiger partial charge in [0.05, 0.1) is 30.4 Å². The molecule has 4 rings (SSSR count). The Labute approximate surface area is 172 Å². The third-order valence-corrected chi connectivity index (χ3v) is 5.44. The number of pyridine rings is 1. The maximum Gasteiger partial charge on any atom is 0.490 e. The van der Waals surface area contributed by atoms with E-state index in [1.54, 1.807) is 6.20 Å². The van der Waals surface area contributed by atoms with E-state index in [4.69, 9.17) is 19.4 Å². The molecule has 30 heavy (non-hydrogen) atoms. The fourth-order valence-electron chi connectivity index (χ4n) is 3.55. The van der Waals surface area contributed by atoms with E-state index in [1.807, 2.05) is 24.0 Å². The van der Waals surface area contributed by atoms with Crippen molar-refractivity contribution in [3.05, 3.63) is 29.6 Å². The van der Waals surface area contributed by atoms with Crippen LogP contribution in [0, 0.1) is 12.8 Å². The molecule has 3 aliphatic rings. The molecule has 1 aliphatic carbocycles. The maximum atomic E-state index is 12.6. The number of carboxylic acids is 1. The van der Waals surface area contributed by atoms with Gasteiger partial charge >= 0.3 is 12.1 Å². The fourth-order valence-corrected chi connectivity index (χ4v) is 3.55. The Kier molecular flexibility index (Phi) is 6.66. The zero-order chi connectivity index (χ0) is 21.9. The number of likely N-dealkylation sites (tertiary alicyclic amines) is 1. The Balaban J connectivity index is 0.000000318. The van der Waals surface area contributed by atoms with Crippen molar-refractivity contribution in [3.63, 3.8) is 0 Å². The number of ether oxygens (including phenoxy) is 2. The summed E-state index contributed by atoms with van der Waals surface area (Å²) in [5, 5.41) is 7.12. The number of nitrogens with zero attached hydrogens (tertiary/aromatic N) is 2. The van der Waals surface area contributed by atoms with Gasteiger partial charge in [0.15, 0.2) is 0 Å². The lowest BCUT2D eigenvalue weighted by Gasteiger charge is -2.23. The number of rotatable bonds is 4. The summed E-state index contributed by atoms with van der Waals surface area (Å²) in [4.78, 5) is 27.6. The second-order valence-electron chi connectivity index (χ2n) is 8.06. The lowest BCUT2D eigenvalue weighted by atomic mass is 9.98. The summed E-state index contributed by atoms with van der Waals surface area (Å²) in [7, 11) is 0. The number of aliphatic carboxylic acids is 1. The zero-order valence-corrected chi connectivity index (χ0v) is 16.7. The number of amides is 1. The Morgan fingerprint density at radius 2 is 2.07 bits per heavy atom. The van der Waals surface area contributed by atoms with E-state index in [2.05, 4.69) is 4.98 Å². The van der Waals surface area contributed by atoms with Crippen LogP contribution in [-0.2, 0) is 14.3 Å². The highest BCUT2D eigenvalue weighted by Crippen LogP contribution is 2.38. The van der Waals surface area contributed by atoms with Crippen molar-refractivity contribution in [1.82, 2.24) is 9.88 Å². The maximum absolute atomic E-state index is 12.6. The summed E-state index contributed by atoms with van der Waals surface area (Å²) >= 11 is 0. The predicted molar refractivity (Wildman–Crippen MR) is 98.9 cm³/mol. The van der Waals surface area contributed by atoms with Gasteiger partial charge in [-0.2, -0.15) is 13.2 Å². The quantitative estimate of drug-likeness (QED) is 0.790. The van der Waals surface area contributed by atoms with Crippen molar-refractivity contribution in [2.75, 3.05) is 26.3 Å². The van der Waals surface area contributed by atoms with Crippen LogP contribution in [0.2, 0.25) is 0 Å². The van der Waals surface area contributed by atoms with Crippen molar-refractivity contribution in [2.45, 2.75) is 50.5 Å². The van der Waals surface area contributed by atoms with Crippen molar-refractivity contribution >= 4 is 11.9 Å². The van der Waals surface area contributed by atoms with Gasteiger partial charge in [-0.1, -0.05) is 0 Å². The first-order valence-corrected chi connectivity index (χ1v) is 9.86. The third kappa shape index (κ3) is 5.91. The topological polar surface area (TPSA) is 89.0 Å². The molecule has 1 amide bonds. The summed E-state index contributed by atoms with van der Waals surface area (Å²) in [6.07, 6.45) is 1.22. The zero-order valence-electron chi connectivity index (χ0n) is 16.7. The first kappa shape index (κ1) is 22.5. The molecular weight excluding hydrogens is 405 g/mol. The van der Waals surface area contributed by atoms with E-state index in [1.165, 1.54) is 12.8 Å². The van der Waals surface area contributed by atoms with E-state index < -0.39 is 12.1 Å². The molecule has 0 aromatic carbocycles. The van der Waals surface area contributed by atoms with Crippen LogP contribution in [0.5, 0.6) is 0 Å². The normalized spacial score (nSPS) is 25.9. The minimum atomic E-state index is -5.08. The molecule has 0 radical (unpaired) electrons. The van der Waals surface area contributed by atoms with E-state index >= 15 is 0 Å². The minimum Gasteiger partial charge on any atom is -0.475 e. The van der Waals surface area contributed by atoms with Crippen LogP contribution in [0.1, 0.15) is 41.7 Å². The van der Waals surface area contributed by atoms with Gasteiger partial charge in [0.1, 0.15) is 0 Å². The van der Waals surface area contributed by atoms with Gasteiger partial charge in [-0.25, -0.2) is 4.79 Å². The lowest BCUT2D eigenvalue weighted by Crippen LogP contribution is -2.36. The molecule has 1 aromatic heterocycles. The first-order valence-electron chi connectivity index (χ1n) is 9.86. The molecule has 2 aliphatic heterocycles. The Hall–Kier alpha value is -2.20. The van der Waals surface area contributed by atoms with Crippen molar-refractivity contribution in [2.24, 2.45) is 5.92 Å². The molecule has 1 aromatic rings. The smallest absolute Gasteiger partial charge is 0.475 e. The van der Waals surface area contributed by atoms with Crippen molar-refractivity contribution < 1.29 is 37.3 Å². The number of hydrogen-bond acceptors (Lipinski definition) is 5. The number of hydrogen-bond donors (Lipinski definition) is 1. The Morgan fingerprint density at radius 1 is 1.37 bits per heavy atom. The molecule has 3 fully saturated rings. The number of aryl methyl sites for hydroxylation is 1. The highest BCUT2D eigenvalue weighted by atomic mass is 19.4. The van der Waals surface area contributed by atoms with Crippen LogP contribution >= 0.6 is 0 Å². The van der Waals surface area contributed by atoms with Crippen LogP contribution in [0.25, 0.3) is 0 Å². The second-order valence-corrected chi connectivity index (χ2v) is 8.06. The summed E-state index contributed by atoms with van der Waals surface area (Å²) in [6, 6.07) is 3.74. The van der Waals surface area contributed by atoms with Crippen LogP contribution < -0.4 is 0 Å². The molecule has 0 bridgehead atoms. The van der Waals surface area contributed by atoms with Crippen LogP contribution in [0.15, 0.2) is 18.3 Å². The van der Waals surface area contributed by atoms with Crippen LogP contribution in [0.4, 0.5) is 13.2 Å². The van der Waals surface area contributed by atoms with Gasteiger partial charge in [-0.15, -0.1) is 0 Å². The van der Waals surface area contributed by atoms with Gasteiger partial charge in [-0.3, -0.25) is 9.78 Å². The molecule has 2 saturated heterocycles. The number of carboxylic acid groups (broad SMARTS) is 1. The molecule has 1 N–H and O–H groups in total. The molecule has 10 heteroatoms. The molecule has 2 unspecified atom stereocenters. The molecule has 166 valence electrons. The third-order valence-electron chi connectivity index (χ3n) is 5.44. The molecule has 1 spiro atoms. The number of aromatic nitrogens is 1. The van der Waals surface area contributed by atoms with Gasteiger partial charge in [0.25, 0.3) is 5.91 Å². The average molecular weight is 430 g/mol. The van der Waals surface area contributed by atoms with Gasteiger partial charge in [-0.05, 0) is 44.2 Å². The molecule has 3 heterocycles.